The lowest BCUT2D eigenvalue weighted by Crippen LogP contribution is -2.02. The van der Waals surface area contributed by atoms with E-state index in [9.17, 15) is 4.79 Å². The third kappa shape index (κ3) is 1.25. The van der Waals surface area contributed by atoms with Crippen molar-refractivity contribution >= 4 is 37.6 Å². The van der Waals surface area contributed by atoms with E-state index < -0.39 is 5.97 Å². The van der Waals surface area contributed by atoms with Crippen molar-refractivity contribution in [1.82, 2.24) is 9.97 Å². The van der Waals surface area contributed by atoms with Gasteiger partial charge in [0.15, 0.2) is 0 Å². The maximum Gasteiger partial charge on any atom is 0.373 e. The van der Waals surface area contributed by atoms with E-state index in [2.05, 4.69) is 9.97 Å². The Morgan fingerprint density at radius 1 is 1.25 bits per heavy atom. The van der Waals surface area contributed by atoms with Crippen LogP contribution in [0.5, 0.6) is 0 Å². The number of hydrogen-bond donors (Lipinski definition) is 1. The molecule has 3 aromatic rings. The number of carbonyl (C=O) groups is 1. The Balaban J connectivity index is 2.44. The van der Waals surface area contributed by atoms with Gasteiger partial charge in [-0.05, 0) is 6.07 Å². The highest BCUT2D eigenvalue weighted by Crippen LogP contribution is 2.31. The first-order valence-corrected chi connectivity index (χ1v) is 5.45. The average Bonchev–Trinajstić information content (AvgIpc) is 2.66. The quantitative estimate of drug-likeness (QED) is 0.697. The van der Waals surface area contributed by atoms with Gasteiger partial charge in [-0.2, -0.15) is 0 Å². The van der Waals surface area contributed by atoms with Gasteiger partial charge in [-0.25, -0.2) is 14.8 Å². The second-order valence-corrected chi connectivity index (χ2v) is 4.39. The van der Waals surface area contributed by atoms with E-state index in [-0.39, 0.29) is 5.82 Å². The second-order valence-electron chi connectivity index (χ2n) is 3.31. The summed E-state index contributed by atoms with van der Waals surface area (Å²) in [4.78, 5) is 18.6. The van der Waals surface area contributed by atoms with Gasteiger partial charge < -0.3 is 5.11 Å². The number of benzene rings is 1. The number of carboxylic acid groups (broad SMARTS) is 1. The molecule has 5 heteroatoms. The van der Waals surface area contributed by atoms with Gasteiger partial charge in [0.1, 0.15) is 0 Å². The van der Waals surface area contributed by atoms with Gasteiger partial charge >= 0.3 is 5.97 Å². The van der Waals surface area contributed by atoms with Crippen molar-refractivity contribution < 1.29 is 9.90 Å². The minimum absolute atomic E-state index is 0.156. The van der Waals surface area contributed by atoms with Crippen molar-refractivity contribution in [3.8, 4) is 0 Å². The van der Waals surface area contributed by atoms with Crippen LogP contribution in [0.1, 0.15) is 10.6 Å². The van der Waals surface area contributed by atoms with Crippen molar-refractivity contribution in [3.63, 3.8) is 0 Å². The van der Waals surface area contributed by atoms with Gasteiger partial charge in [-0.1, -0.05) is 18.2 Å². The van der Waals surface area contributed by atoms with Crippen LogP contribution in [0.2, 0.25) is 0 Å². The third-order valence-electron chi connectivity index (χ3n) is 2.31. The lowest BCUT2D eigenvalue weighted by molar-refractivity contribution is 0.0684. The molecular formula is C11H6N2O2S. The Hall–Kier alpha value is -2.01. The van der Waals surface area contributed by atoms with Gasteiger partial charge in [-0.3, -0.25) is 0 Å². The van der Waals surface area contributed by atoms with Crippen LogP contribution in [0.25, 0.3) is 20.3 Å². The fourth-order valence-electron chi connectivity index (χ4n) is 1.61. The normalized spacial score (nSPS) is 11.0. The van der Waals surface area contributed by atoms with Gasteiger partial charge in [0.2, 0.25) is 5.82 Å². The van der Waals surface area contributed by atoms with Gasteiger partial charge in [0.25, 0.3) is 0 Å². The van der Waals surface area contributed by atoms with Crippen LogP contribution >= 0.6 is 11.3 Å². The number of aromatic carboxylic acids is 1. The molecule has 4 nitrogen and oxygen atoms in total. The monoisotopic (exact) mass is 230 g/mol. The maximum absolute atomic E-state index is 10.8. The number of rotatable bonds is 1. The first-order valence-electron chi connectivity index (χ1n) is 4.63. The number of aromatic nitrogens is 2. The molecule has 16 heavy (non-hydrogen) atoms. The topological polar surface area (TPSA) is 63.1 Å². The lowest BCUT2D eigenvalue weighted by Gasteiger charge is -1.93. The highest BCUT2D eigenvalue weighted by Gasteiger charge is 2.11. The molecule has 0 bridgehead atoms. The zero-order chi connectivity index (χ0) is 11.1. The first kappa shape index (κ1) is 9.23. The molecule has 0 aliphatic carbocycles. The van der Waals surface area contributed by atoms with E-state index in [0.29, 0.717) is 5.52 Å². The van der Waals surface area contributed by atoms with Crippen LogP contribution in [0.3, 0.4) is 0 Å². The van der Waals surface area contributed by atoms with Gasteiger partial charge in [-0.15, -0.1) is 11.3 Å². The number of nitrogens with zero attached hydrogens (tertiary/aromatic N) is 2. The summed E-state index contributed by atoms with van der Waals surface area (Å²) in [5.74, 6) is -1.26. The molecule has 1 aromatic carbocycles. The van der Waals surface area contributed by atoms with E-state index >= 15 is 0 Å². The third-order valence-corrected chi connectivity index (χ3v) is 3.40. The lowest BCUT2D eigenvalue weighted by atomic mass is 10.2. The van der Waals surface area contributed by atoms with Crippen LogP contribution in [0, 0.1) is 0 Å². The molecule has 0 amide bonds. The van der Waals surface area contributed by atoms with E-state index in [0.717, 1.165) is 14.8 Å². The van der Waals surface area contributed by atoms with Crippen molar-refractivity contribution in [2.75, 3.05) is 0 Å². The zero-order valence-electron chi connectivity index (χ0n) is 8.04. The molecule has 0 saturated heterocycles. The molecule has 0 saturated carbocycles. The average molecular weight is 230 g/mol. The van der Waals surface area contributed by atoms with Crippen molar-refractivity contribution in [2.45, 2.75) is 0 Å². The summed E-state index contributed by atoms with van der Waals surface area (Å²) >= 11 is 1.56. The first-order chi connectivity index (χ1) is 7.75. The second kappa shape index (κ2) is 3.24. The SMILES string of the molecule is O=C(O)c1ncc2sc3ccccc3c2n1. The molecule has 0 unspecified atom stereocenters. The summed E-state index contributed by atoms with van der Waals surface area (Å²) in [7, 11) is 0. The summed E-state index contributed by atoms with van der Waals surface area (Å²) in [6.45, 7) is 0. The maximum atomic E-state index is 10.8. The van der Waals surface area contributed by atoms with Gasteiger partial charge in [0, 0.05) is 16.3 Å². The smallest absolute Gasteiger partial charge is 0.373 e. The largest absolute Gasteiger partial charge is 0.475 e. The molecule has 0 fully saturated rings. The van der Waals surface area contributed by atoms with E-state index in [1.54, 1.807) is 17.5 Å². The molecule has 0 atom stereocenters. The van der Waals surface area contributed by atoms with E-state index in [1.807, 2.05) is 24.3 Å². The van der Waals surface area contributed by atoms with Crippen LogP contribution < -0.4 is 0 Å². The van der Waals surface area contributed by atoms with Crippen molar-refractivity contribution in [1.29, 1.82) is 0 Å². The predicted octanol–water partition coefficient (Wildman–Crippen LogP) is 2.54. The molecule has 0 spiro atoms. The number of carboxylic acids is 1. The molecule has 0 aliphatic heterocycles. The van der Waals surface area contributed by atoms with Crippen LogP contribution in [-0.4, -0.2) is 21.0 Å². The predicted molar refractivity (Wildman–Crippen MR) is 61.9 cm³/mol. The summed E-state index contributed by atoms with van der Waals surface area (Å²) in [5.41, 5.74) is 0.716. The fourth-order valence-corrected chi connectivity index (χ4v) is 2.63. The molecule has 1 N–H and O–H groups in total. The fraction of sp³-hybridized carbons (Fsp3) is 0. The number of fused-ring (bicyclic) bond motifs is 3. The van der Waals surface area contributed by atoms with Gasteiger partial charge in [0.05, 0.1) is 10.2 Å². The van der Waals surface area contributed by atoms with E-state index in [1.165, 1.54) is 0 Å². The Morgan fingerprint density at radius 2 is 2.06 bits per heavy atom. The summed E-state index contributed by atoms with van der Waals surface area (Å²) in [6.07, 6.45) is 1.57. The summed E-state index contributed by atoms with van der Waals surface area (Å²) < 4.78 is 2.00. The Bertz CT molecular complexity index is 705. The molecular weight excluding hydrogens is 224 g/mol. The molecule has 78 valence electrons. The summed E-state index contributed by atoms with van der Waals surface area (Å²) in [5, 5.41) is 9.81. The number of thiophene rings is 1. The molecule has 0 aliphatic rings. The zero-order valence-corrected chi connectivity index (χ0v) is 8.86. The van der Waals surface area contributed by atoms with E-state index in [4.69, 9.17) is 5.11 Å². The van der Waals surface area contributed by atoms with Crippen LogP contribution in [-0.2, 0) is 0 Å². The Labute approximate surface area is 94.2 Å². The molecule has 0 radical (unpaired) electrons. The minimum Gasteiger partial charge on any atom is -0.475 e. The molecule has 2 aromatic heterocycles. The molecule has 2 heterocycles. The standard InChI is InChI=1S/C11H6N2O2S/c14-11(15)10-12-5-8-9(13-10)6-3-1-2-4-7(6)16-8/h1-5H,(H,14,15). The van der Waals surface area contributed by atoms with Crippen LogP contribution in [0.4, 0.5) is 0 Å². The van der Waals surface area contributed by atoms with Crippen molar-refractivity contribution in [2.24, 2.45) is 0 Å². The Morgan fingerprint density at radius 3 is 2.88 bits per heavy atom. The molecule has 3 rings (SSSR count). The minimum atomic E-state index is -1.10. The highest BCUT2D eigenvalue weighted by molar-refractivity contribution is 7.25. The summed E-state index contributed by atoms with van der Waals surface area (Å²) in [6, 6.07) is 7.79. The Kier molecular flexibility index (Phi) is 1.87. The highest BCUT2D eigenvalue weighted by atomic mass is 32.1. The number of hydrogen-bond acceptors (Lipinski definition) is 4. The van der Waals surface area contributed by atoms with Crippen molar-refractivity contribution in [3.05, 3.63) is 36.3 Å². The van der Waals surface area contributed by atoms with Crippen LogP contribution in [0.15, 0.2) is 30.5 Å².